The Hall–Kier alpha value is -1.03. The molecule has 94 valence electrons. The van der Waals surface area contributed by atoms with Gasteiger partial charge in [-0.05, 0) is 29.0 Å². The second kappa shape index (κ2) is 4.33. The maximum Gasteiger partial charge on any atom is 0.416 e. The molecule has 0 saturated carbocycles. The molecule has 0 bridgehead atoms. The Morgan fingerprint density at radius 1 is 1.29 bits per heavy atom. The van der Waals surface area contributed by atoms with Gasteiger partial charge in [-0.15, -0.1) is 0 Å². The van der Waals surface area contributed by atoms with Crippen molar-refractivity contribution >= 4 is 0 Å². The zero-order valence-electron chi connectivity index (χ0n) is 9.93. The summed E-state index contributed by atoms with van der Waals surface area (Å²) in [5, 5.41) is 3.18. The SMILES string of the molecule is CC(C)C1CNCc2cccc(C(F)(F)F)c21. The van der Waals surface area contributed by atoms with Crippen LogP contribution >= 0.6 is 0 Å². The number of rotatable bonds is 1. The molecule has 1 aliphatic heterocycles. The van der Waals surface area contributed by atoms with Crippen LogP contribution in [-0.4, -0.2) is 6.54 Å². The molecule has 4 heteroatoms. The van der Waals surface area contributed by atoms with Gasteiger partial charge in [0.2, 0.25) is 0 Å². The lowest BCUT2D eigenvalue weighted by molar-refractivity contribution is -0.138. The maximum atomic E-state index is 13.0. The Bertz CT molecular complexity index is 410. The first-order valence-corrected chi connectivity index (χ1v) is 5.81. The molecule has 1 heterocycles. The molecule has 2 rings (SSSR count). The van der Waals surface area contributed by atoms with Crippen molar-refractivity contribution in [3.63, 3.8) is 0 Å². The van der Waals surface area contributed by atoms with Gasteiger partial charge in [-0.1, -0.05) is 26.0 Å². The third kappa shape index (κ3) is 2.32. The summed E-state index contributed by atoms with van der Waals surface area (Å²) in [6, 6.07) is 4.47. The normalized spacial score (nSPS) is 20.5. The average Bonchev–Trinajstić information content (AvgIpc) is 2.26. The number of hydrogen-bond acceptors (Lipinski definition) is 1. The number of benzene rings is 1. The lowest BCUT2D eigenvalue weighted by atomic mass is 9.80. The van der Waals surface area contributed by atoms with Crippen LogP contribution < -0.4 is 5.32 Å². The summed E-state index contributed by atoms with van der Waals surface area (Å²) < 4.78 is 39.0. The maximum absolute atomic E-state index is 13.0. The standard InChI is InChI=1S/C13H16F3N/c1-8(2)10-7-17-6-9-4-3-5-11(12(9)10)13(14,15)16/h3-5,8,10,17H,6-7H2,1-2H3. The van der Waals surface area contributed by atoms with E-state index >= 15 is 0 Å². The molecule has 1 aromatic carbocycles. The van der Waals surface area contributed by atoms with Crippen molar-refractivity contribution in [1.29, 1.82) is 0 Å². The zero-order chi connectivity index (χ0) is 12.6. The van der Waals surface area contributed by atoms with E-state index in [4.69, 9.17) is 0 Å². The third-order valence-electron chi connectivity index (χ3n) is 3.36. The van der Waals surface area contributed by atoms with Gasteiger partial charge < -0.3 is 5.32 Å². The Labute approximate surface area is 99.0 Å². The average molecular weight is 243 g/mol. The molecule has 1 atom stereocenters. The highest BCUT2D eigenvalue weighted by atomic mass is 19.4. The zero-order valence-corrected chi connectivity index (χ0v) is 9.93. The Kier molecular flexibility index (Phi) is 3.17. The minimum absolute atomic E-state index is 0.0587. The van der Waals surface area contributed by atoms with Gasteiger partial charge in [0.15, 0.2) is 0 Å². The van der Waals surface area contributed by atoms with E-state index in [2.05, 4.69) is 5.32 Å². The molecule has 0 radical (unpaired) electrons. The molecule has 1 unspecified atom stereocenters. The largest absolute Gasteiger partial charge is 0.416 e. The van der Waals surface area contributed by atoms with E-state index < -0.39 is 11.7 Å². The van der Waals surface area contributed by atoms with E-state index in [9.17, 15) is 13.2 Å². The molecular weight excluding hydrogens is 227 g/mol. The summed E-state index contributed by atoms with van der Waals surface area (Å²) in [6.07, 6.45) is -4.25. The van der Waals surface area contributed by atoms with E-state index in [1.807, 2.05) is 13.8 Å². The van der Waals surface area contributed by atoms with E-state index in [1.165, 1.54) is 12.1 Å². The number of hydrogen-bond donors (Lipinski definition) is 1. The van der Waals surface area contributed by atoms with Crippen LogP contribution in [0.25, 0.3) is 0 Å². The summed E-state index contributed by atoms with van der Waals surface area (Å²) in [4.78, 5) is 0. The van der Waals surface area contributed by atoms with Crippen LogP contribution in [-0.2, 0) is 12.7 Å². The van der Waals surface area contributed by atoms with Gasteiger partial charge in [-0.2, -0.15) is 13.2 Å². The Balaban J connectivity index is 2.57. The van der Waals surface area contributed by atoms with Gasteiger partial charge in [-0.25, -0.2) is 0 Å². The smallest absolute Gasteiger partial charge is 0.312 e. The molecule has 0 aliphatic carbocycles. The van der Waals surface area contributed by atoms with Crippen LogP contribution in [0.1, 0.15) is 36.5 Å². The van der Waals surface area contributed by atoms with Crippen LogP contribution in [0.5, 0.6) is 0 Å². The van der Waals surface area contributed by atoms with E-state index in [1.54, 1.807) is 6.07 Å². The van der Waals surface area contributed by atoms with Gasteiger partial charge in [0.1, 0.15) is 0 Å². The molecule has 0 fully saturated rings. The minimum Gasteiger partial charge on any atom is -0.312 e. The fourth-order valence-corrected chi connectivity index (χ4v) is 2.49. The molecule has 0 saturated heterocycles. The van der Waals surface area contributed by atoms with Crippen molar-refractivity contribution in [2.24, 2.45) is 5.92 Å². The first-order valence-electron chi connectivity index (χ1n) is 5.81. The second-order valence-electron chi connectivity index (χ2n) is 4.86. The summed E-state index contributed by atoms with van der Waals surface area (Å²) in [7, 11) is 0. The van der Waals surface area contributed by atoms with Gasteiger partial charge in [0.25, 0.3) is 0 Å². The number of nitrogens with one attached hydrogen (secondary N) is 1. The molecule has 0 spiro atoms. The molecular formula is C13H16F3N. The molecule has 1 nitrogen and oxygen atoms in total. The molecule has 1 aliphatic rings. The predicted molar refractivity (Wildman–Crippen MR) is 60.7 cm³/mol. The third-order valence-corrected chi connectivity index (χ3v) is 3.36. The summed E-state index contributed by atoms with van der Waals surface area (Å²) >= 11 is 0. The first kappa shape index (κ1) is 12.4. The van der Waals surface area contributed by atoms with Crippen LogP contribution in [0, 0.1) is 5.92 Å². The van der Waals surface area contributed by atoms with Crippen LogP contribution in [0.2, 0.25) is 0 Å². The van der Waals surface area contributed by atoms with Crippen LogP contribution in [0.3, 0.4) is 0 Å². The topological polar surface area (TPSA) is 12.0 Å². The van der Waals surface area contributed by atoms with Crippen LogP contribution in [0.15, 0.2) is 18.2 Å². The van der Waals surface area contributed by atoms with Gasteiger partial charge in [0, 0.05) is 13.1 Å². The summed E-state index contributed by atoms with van der Waals surface area (Å²) in [6.45, 7) is 5.09. The molecule has 17 heavy (non-hydrogen) atoms. The van der Waals surface area contributed by atoms with Crippen molar-refractivity contribution in [2.75, 3.05) is 6.54 Å². The highest BCUT2D eigenvalue weighted by Gasteiger charge is 2.37. The fourth-order valence-electron chi connectivity index (χ4n) is 2.49. The van der Waals surface area contributed by atoms with Crippen molar-refractivity contribution in [2.45, 2.75) is 32.5 Å². The number of alkyl halides is 3. The first-order chi connectivity index (χ1) is 7.91. The number of fused-ring (bicyclic) bond motifs is 1. The highest BCUT2D eigenvalue weighted by Crippen LogP contribution is 2.40. The van der Waals surface area contributed by atoms with Gasteiger partial charge in [0.05, 0.1) is 5.56 Å². The Morgan fingerprint density at radius 2 is 2.00 bits per heavy atom. The summed E-state index contributed by atoms with van der Waals surface area (Å²) in [5.41, 5.74) is 0.814. The van der Waals surface area contributed by atoms with Crippen molar-refractivity contribution in [3.05, 3.63) is 34.9 Å². The van der Waals surface area contributed by atoms with Crippen LogP contribution in [0.4, 0.5) is 13.2 Å². The Morgan fingerprint density at radius 3 is 2.59 bits per heavy atom. The lowest BCUT2D eigenvalue weighted by Crippen LogP contribution is -2.33. The monoisotopic (exact) mass is 243 g/mol. The van der Waals surface area contributed by atoms with Crippen molar-refractivity contribution in [3.8, 4) is 0 Å². The van der Waals surface area contributed by atoms with Crippen molar-refractivity contribution < 1.29 is 13.2 Å². The number of halogens is 3. The molecule has 0 amide bonds. The second-order valence-corrected chi connectivity index (χ2v) is 4.86. The molecule has 1 N–H and O–H groups in total. The molecule has 1 aromatic rings. The summed E-state index contributed by atoms with van der Waals surface area (Å²) in [5.74, 6) is 0.140. The predicted octanol–water partition coefficient (Wildman–Crippen LogP) is 3.55. The molecule has 0 aromatic heterocycles. The van der Waals surface area contributed by atoms with E-state index in [-0.39, 0.29) is 11.8 Å². The minimum atomic E-state index is -4.25. The van der Waals surface area contributed by atoms with E-state index in [0.29, 0.717) is 18.7 Å². The lowest BCUT2D eigenvalue weighted by Gasteiger charge is -2.31. The van der Waals surface area contributed by atoms with E-state index in [0.717, 1.165) is 5.56 Å². The van der Waals surface area contributed by atoms with Gasteiger partial charge in [-0.3, -0.25) is 0 Å². The van der Waals surface area contributed by atoms with Gasteiger partial charge >= 0.3 is 6.18 Å². The van der Waals surface area contributed by atoms with Crippen molar-refractivity contribution in [1.82, 2.24) is 5.32 Å². The highest BCUT2D eigenvalue weighted by molar-refractivity contribution is 5.41. The fraction of sp³-hybridized carbons (Fsp3) is 0.538. The quantitative estimate of drug-likeness (QED) is 0.795.